The Kier molecular flexibility index (Phi) is 4.66. The highest BCUT2D eigenvalue weighted by Gasteiger charge is 2.14. The molecule has 3 nitrogen and oxygen atoms in total. The molecule has 0 aliphatic rings. The van der Waals surface area contributed by atoms with E-state index in [0.717, 1.165) is 4.90 Å². The van der Waals surface area contributed by atoms with Gasteiger partial charge in [-0.05, 0) is 38.1 Å². The van der Waals surface area contributed by atoms with Crippen LogP contribution in [-0.2, 0) is 0 Å². The molecule has 0 saturated heterocycles. The predicted octanol–water partition coefficient (Wildman–Crippen LogP) is 4.09. The van der Waals surface area contributed by atoms with Crippen LogP contribution in [0.5, 0.6) is 0 Å². The van der Waals surface area contributed by atoms with Gasteiger partial charge in [0.05, 0.1) is 5.75 Å². The number of carbonyl (C=O) groups is 1. The largest absolute Gasteiger partial charge is 0.292 e. The van der Waals surface area contributed by atoms with Gasteiger partial charge >= 0.3 is 0 Å². The fourth-order valence-electron chi connectivity index (χ4n) is 1.73. The van der Waals surface area contributed by atoms with Crippen molar-refractivity contribution in [3.8, 4) is 0 Å². The molecular formula is C14H15ClN2OS. The second-order valence-electron chi connectivity index (χ2n) is 4.42. The number of ketones is 1. The van der Waals surface area contributed by atoms with Crippen LogP contribution in [-0.4, -0.2) is 21.3 Å². The van der Waals surface area contributed by atoms with Gasteiger partial charge in [-0.3, -0.25) is 9.48 Å². The van der Waals surface area contributed by atoms with E-state index in [0.29, 0.717) is 16.5 Å². The summed E-state index contributed by atoms with van der Waals surface area (Å²) in [4.78, 5) is 13.2. The number of carbonyl (C=O) groups excluding carboxylic acids is 1. The Morgan fingerprint density at radius 3 is 2.89 bits per heavy atom. The molecule has 5 heteroatoms. The molecule has 0 fully saturated rings. The summed E-state index contributed by atoms with van der Waals surface area (Å²) in [5.74, 6) is 0.467. The van der Waals surface area contributed by atoms with Crippen molar-refractivity contribution in [1.29, 1.82) is 0 Å². The van der Waals surface area contributed by atoms with E-state index < -0.39 is 0 Å². The Morgan fingerprint density at radius 1 is 1.42 bits per heavy atom. The zero-order valence-electron chi connectivity index (χ0n) is 10.8. The summed E-state index contributed by atoms with van der Waals surface area (Å²) in [6.45, 7) is 4.02. The third kappa shape index (κ3) is 3.61. The third-order valence-electron chi connectivity index (χ3n) is 2.61. The molecule has 100 valence electrons. The first-order chi connectivity index (χ1) is 9.08. The van der Waals surface area contributed by atoms with Crippen LogP contribution in [0.2, 0.25) is 5.02 Å². The van der Waals surface area contributed by atoms with E-state index in [4.69, 9.17) is 11.6 Å². The highest BCUT2D eigenvalue weighted by molar-refractivity contribution is 8.00. The lowest BCUT2D eigenvalue weighted by Gasteiger charge is -2.09. The molecule has 0 unspecified atom stereocenters. The van der Waals surface area contributed by atoms with E-state index in [1.807, 2.05) is 38.1 Å². The Balaban J connectivity index is 2.03. The molecule has 0 radical (unpaired) electrons. The molecule has 0 aliphatic carbocycles. The van der Waals surface area contributed by atoms with Gasteiger partial charge in [-0.15, -0.1) is 11.8 Å². The summed E-state index contributed by atoms with van der Waals surface area (Å²) in [6, 6.07) is 9.46. The van der Waals surface area contributed by atoms with Gasteiger partial charge in [0.1, 0.15) is 5.69 Å². The molecule has 0 bridgehead atoms. The molecule has 0 atom stereocenters. The lowest BCUT2D eigenvalue weighted by Crippen LogP contribution is -2.14. The van der Waals surface area contributed by atoms with E-state index in [1.165, 1.54) is 11.8 Å². The SMILES string of the molecule is CC(C)n1nccc1C(=O)CSc1cccc(Cl)c1. The molecule has 1 heterocycles. The minimum Gasteiger partial charge on any atom is -0.292 e. The van der Waals surface area contributed by atoms with Crippen molar-refractivity contribution in [2.75, 3.05) is 5.75 Å². The van der Waals surface area contributed by atoms with Gasteiger partial charge < -0.3 is 0 Å². The second-order valence-corrected chi connectivity index (χ2v) is 5.91. The Labute approximate surface area is 122 Å². The number of hydrogen-bond donors (Lipinski definition) is 0. The molecule has 0 spiro atoms. The molecule has 1 aromatic carbocycles. The van der Waals surface area contributed by atoms with E-state index in [-0.39, 0.29) is 11.8 Å². The minimum atomic E-state index is 0.0798. The van der Waals surface area contributed by atoms with Crippen LogP contribution in [0.25, 0.3) is 0 Å². The number of nitrogens with zero attached hydrogens (tertiary/aromatic N) is 2. The molecule has 2 aromatic rings. The minimum absolute atomic E-state index is 0.0798. The smallest absolute Gasteiger partial charge is 0.191 e. The molecule has 0 aliphatic heterocycles. The number of hydrogen-bond acceptors (Lipinski definition) is 3. The second kappa shape index (κ2) is 6.26. The summed E-state index contributed by atoms with van der Waals surface area (Å²) < 4.78 is 1.75. The molecule has 19 heavy (non-hydrogen) atoms. The topological polar surface area (TPSA) is 34.9 Å². The van der Waals surface area contributed by atoms with Gasteiger partial charge in [-0.25, -0.2) is 0 Å². The number of rotatable bonds is 5. The average molecular weight is 295 g/mol. The molecule has 0 saturated carbocycles. The van der Waals surface area contributed by atoms with Crippen LogP contribution in [0.4, 0.5) is 0 Å². The fourth-order valence-corrected chi connectivity index (χ4v) is 2.81. The van der Waals surface area contributed by atoms with Crippen LogP contribution in [0.1, 0.15) is 30.4 Å². The maximum Gasteiger partial charge on any atom is 0.191 e. The van der Waals surface area contributed by atoms with E-state index in [2.05, 4.69) is 5.10 Å². The number of aromatic nitrogens is 2. The Bertz CT molecular complexity index is 580. The zero-order chi connectivity index (χ0) is 13.8. The monoisotopic (exact) mass is 294 g/mol. The lowest BCUT2D eigenvalue weighted by molar-refractivity contribution is 0.101. The van der Waals surface area contributed by atoms with E-state index >= 15 is 0 Å². The summed E-state index contributed by atoms with van der Waals surface area (Å²) >= 11 is 7.40. The number of thioether (sulfide) groups is 1. The normalized spacial score (nSPS) is 10.9. The first-order valence-corrected chi connectivity index (χ1v) is 7.39. The van der Waals surface area contributed by atoms with E-state index in [1.54, 1.807) is 16.9 Å². The predicted molar refractivity (Wildman–Crippen MR) is 79.1 cm³/mol. The van der Waals surface area contributed by atoms with Crippen molar-refractivity contribution in [1.82, 2.24) is 9.78 Å². The lowest BCUT2D eigenvalue weighted by atomic mass is 10.3. The van der Waals surface area contributed by atoms with Crippen LogP contribution in [0, 0.1) is 0 Å². The fraction of sp³-hybridized carbons (Fsp3) is 0.286. The third-order valence-corrected chi connectivity index (χ3v) is 3.84. The van der Waals surface area contributed by atoms with Gasteiger partial charge in [0.2, 0.25) is 0 Å². The molecule has 0 N–H and O–H groups in total. The number of benzene rings is 1. The Morgan fingerprint density at radius 2 is 2.21 bits per heavy atom. The van der Waals surface area contributed by atoms with Crippen molar-refractivity contribution >= 4 is 29.1 Å². The van der Waals surface area contributed by atoms with Crippen molar-refractivity contribution in [3.05, 3.63) is 47.2 Å². The number of halogens is 1. The standard InChI is InChI=1S/C14H15ClN2OS/c1-10(2)17-13(6-7-16-17)14(18)9-19-12-5-3-4-11(15)8-12/h3-8,10H,9H2,1-2H3. The summed E-state index contributed by atoms with van der Waals surface area (Å²) in [5, 5.41) is 4.86. The van der Waals surface area contributed by atoms with Gasteiger partial charge in [0, 0.05) is 22.2 Å². The van der Waals surface area contributed by atoms with Gasteiger partial charge in [0.15, 0.2) is 5.78 Å². The van der Waals surface area contributed by atoms with Gasteiger partial charge in [-0.1, -0.05) is 17.7 Å². The maximum atomic E-state index is 12.2. The highest BCUT2D eigenvalue weighted by atomic mass is 35.5. The molecule has 1 aromatic heterocycles. The van der Waals surface area contributed by atoms with Crippen LogP contribution in [0.15, 0.2) is 41.4 Å². The van der Waals surface area contributed by atoms with Crippen LogP contribution < -0.4 is 0 Å². The first kappa shape index (κ1) is 14.2. The molecule has 2 rings (SSSR count). The number of Topliss-reactive ketones (excluding diaryl/α,β-unsaturated/α-hetero) is 1. The quantitative estimate of drug-likeness (QED) is 0.615. The van der Waals surface area contributed by atoms with Crippen molar-refractivity contribution < 1.29 is 4.79 Å². The van der Waals surface area contributed by atoms with Gasteiger partial charge in [-0.2, -0.15) is 5.10 Å². The highest BCUT2D eigenvalue weighted by Crippen LogP contribution is 2.22. The van der Waals surface area contributed by atoms with Crippen molar-refractivity contribution in [3.63, 3.8) is 0 Å². The summed E-state index contributed by atoms with van der Waals surface area (Å²) in [6.07, 6.45) is 1.66. The van der Waals surface area contributed by atoms with Crippen LogP contribution >= 0.6 is 23.4 Å². The maximum absolute atomic E-state index is 12.2. The molecular weight excluding hydrogens is 280 g/mol. The Hall–Kier alpha value is -1.26. The van der Waals surface area contributed by atoms with E-state index in [9.17, 15) is 4.79 Å². The molecule has 0 amide bonds. The zero-order valence-corrected chi connectivity index (χ0v) is 12.4. The van der Waals surface area contributed by atoms with Crippen molar-refractivity contribution in [2.24, 2.45) is 0 Å². The summed E-state index contributed by atoms with van der Waals surface area (Å²) in [5.41, 5.74) is 0.657. The first-order valence-electron chi connectivity index (χ1n) is 6.03. The summed E-state index contributed by atoms with van der Waals surface area (Å²) in [7, 11) is 0. The van der Waals surface area contributed by atoms with Crippen molar-refractivity contribution in [2.45, 2.75) is 24.8 Å². The average Bonchev–Trinajstić information content (AvgIpc) is 2.85. The van der Waals surface area contributed by atoms with Gasteiger partial charge in [0.25, 0.3) is 0 Å². The van der Waals surface area contributed by atoms with Crippen LogP contribution in [0.3, 0.4) is 0 Å².